The highest BCUT2D eigenvalue weighted by Gasteiger charge is 2.10. The Morgan fingerprint density at radius 2 is 2.24 bits per heavy atom. The molecule has 0 unspecified atom stereocenters. The van der Waals surface area contributed by atoms with Gasteiger partial charge in [0, 0.05) is 44.2 Å². The Hall–Kier alpha value is -1.46. The lowest BCUT2D eigenvalue weighted by Gasteiger charge is -2.21. The van der Waals surface area contributed by atoms with Crippen LogP contribution in [0.2, 0.25) is 0 Å². The third-order valence-corrected chi connectivity index (χ3v) is 3.13. The minimum Gasteiger partial charge on any atom is -0.383 e. The van der Waals surface area contributed by atoms with Gasteiger partial charge in [0.15, 0.2) is 0 Å². The number of aryl methyl sites for hydroxylation is 1. The van der Waals surface area contributed by atoms with Gasteiger partial charge in [0.05, 0.1) is 6.61 Å². The van der Waals surface area contributed by atoms with Gasteiger partial charge in [0.1, 0.15) is 0 Å². The van der Waals surface area contributed by atoms with Gasteiger partial charge in [-0.25, -0.2) is 9.97 Å². The highest BCUT2D eigenvalue weighted by Crippen LogP contribution is 2.11. The lowest BCUT2D eigenvalue weighted by Crippen LogP contribution is -2.29. The fourth-order valence-corrected chi connectivity index (χ4v) is 1.93. The summed E-state index contributed by atoms with van der Waals surface area (Å²) < 4.78 is 5.13. The molecule has 0 aromatic carbocycles. The molecule has 0 aliphatic carbocycles. The normalized spacial score (nSPS) is 10.9. The summed E-state index contributed by atoms with van der Waals surface area (Å²) in [5.74, 6) is 1.37. The van der Waals surface area contributed by atoms with E-state index >= 15 is 0 Å². The molecule has 0 saturated carbocycles. The summed E-state index contributed by atoms with van der Waals surface area (Å²) in [5, 5.41) is 3.42. The monoisotopic (exact) mass is 292 g/mol. The summed E-state index contributed by atoms with van der Waals surface area (Å²) in [6.07, 6.45) is 3.76. The van der Waals surface area contributed by atoms with E-state index in [9.17, 15) is 0 Å². The largest absolute Gasteiger partial charge is 0.383 e. The van der Waals surface area contributed by atoms with E-state index in [0.717, 1.165) is 36.8 Å². The second kappa shape index (κ2) is 9.47. The smallest absolute Gasteiger partial charge is 0.225 e. The van der Waals surface area contributed by atoms with Crippen LogP contribution in [-0.2, 0) is 11.3 Å². The number of hydrogen-bond acceptors (Lipinski definition) is 5. The molecular weight excluding hydrogens is 264 g/mol. The Balaban J connectivity index is 2.71. The Morgan fingerprint density at radius 1 is 1.48 bits per heavy atom. The van der Waals surface area contributed by atoms with Gasteiger partial charge in [-0.2, -0.15) is 0 Å². The molecule has 0 radical (unpaired) electrons. The standard InChI is InChI=1S/C16H28N4O/c1-6-7-20(8-9-21-5)16-18-12-15(14(4)19-16)11-17-10-13(2)3/h6,12-13,17H,1,7-11H2,2-5H3. The fourth-order valence-electron chi connectivity index (χ4n) is 1.93. The number of rotatable bonds is 10. The van der Waals surface area contributed by atoms with Crippen LogP contribution in [0.25, 0.3) is 0 Å². The lowest BCUT2D eigenvalue weighted by molar-refractivity contribution is 0.205. The molecule has 5 nitrogen and oxygen atoms in total. The van der Waals surface area contributed by atoms with Gasteiger partial charge >= 0.3 is 0 Å². The maximum Gasteiger partial charge on any atom is 0.225 e. The zero-order valence-corrected chi connectivity index (χ0v) is 13.7. The van der Waals surface area contributed by atoms with E-state index in [1.807, 2.05) is 19.2 Å². The van der Waals surface area contributed by atoms with Crippen molar-refractivity contribution in [3.8, 4) is 0 Å². The quantitative estimate of drug-likeness (QED) is 0.670. The Morgan fingerprint density at radius 3 is 2.81 bits per heavy atom. The van der Waals surface area contributed by atoms with Crippen LogP contribution >= 0.6 is 0 Å². The fraction of sp³-hybridized carbons (Fsp3) is 0.625. The lowest BCUT2D eigenvalue weighted by atomic mass is 10.2. The van der Waals surface area contributed by atoms with Crippen molar-refractivity contribution in [2.24, 2.45) is 5.92 Å². The average Bonchev–Trinajstić information content (AvgIpc) is 2.45. The number of aromatic nitrogens is 2. The first kappa shape index (κ1) is 17.6. The molecule has 1 heterocycles. The summed E-state index contributed by atoms with van der Waals surface area (Å²) in [4.78, 5) is 11.2. The highest BCUT2D eigenvalue weighted by atomic mass is 16.5. The van der Waals surface area contributed by atoms with Crippen LogP contribution in [0.3, 0.4) is 0 Å². The number of nitrogens with zero attached hydrogens (tertiary/aromatic N) is 3. The topological polar surface area (TPSA) is 50.3 Å². The molecule has 118 valence electrons. The second-order valence-electron chi connectivity index (χ2n) is 5.53. The zero-order valence-electron chi connectivity index (χ0n) is 13.7. The summed E-state index contributed by atoms with van der Waals surface area (Å²) >= 11 is 0. The summed E-state index contributed by atoms with van der Waals surface area (Å²) in [7, 11) is 1.70. The Labute approximate surface area is 128 Å². The molecule has 0 amide bonds. The third-order valence-electron chi connectivity index (χ3n) is 3.13. The van der Waals surface area contributed by atoms with E-state index < -0.39 is 0 Å². The van der Waals surface area contributed by atoms with Crippen molar-refractivity contribution in [1.82, 2.24) is 15.3 Å². The van der Waals surface area contributed by atoms with Gasteiger partial charge < -0.3 is 15.0 Å². The van der Waals surface area contributed by atoms with Crippen molar-refractivity contribution < 1.29 is 4.74 Å². The summed E-state index contributed by atoms with van der Waals surface area (Å²) in [6, 6.07) is 0. The molecule has 0 saturated heterocycles. The zero-order chi connectivity index (χ0) is 15.7. The second-order valence-corrected chi connectivity index (χ2v) is 5.53. The van der Waals surface area contributed by atoms with E-state index in [2.05, 4.69) is 40.6 Å². The maximum atomic E-state index is 5.13. The van der Waals surface area contributed by atoms with Crippen LogP contribution < -0.4 is 10.2 Å². The first-order chi connectivity index (χ1) is 10.1. The predicted octanol–water partition coefficient (Wildman–Crippen LogP) is 2.17. The molecule has 5 heteroatoms. The molecule has 0 fully saturated rings. The third kappa shape index (κ3) is 6.23. The first-order valence-electron chi connectivity index (χ1n) is 7.46. The van der Waals surface area contributed by atoms with E-state index in [4.69, 9.17) is 4.74 Å². The van der Waals surface area contributed by atoms with Crippen LogP contribution in [0.15, 0.2) is 18.9 Å². The molecule has 0 spiro atoms. The molecule has 21 heavy (non-hydrogen) atoms. The molecule has 1 rings (SSSR count). The van der Waals surface area contributed by atoms with E-state index in [-0.39, 0.29) is 0 Å². The minimum atomic E-state index is 0.641. The van der Waals surface area contributed by atoms with Crippen molar-refractivity contribution in [3.63, 3.8) is 0 Å². The van der Waals surface area contributed by atoms with E-state index in [1.165, 1.54) is 0 Å². The molecule has 1 aromatic rings. The molecule has 1 N–H and O–H groups in total. The van der Waals surface area contributed by atoms with Gasteiger partial charge in [-0.1, -0.05) is 19.9 Å². The molecule has 0 aliphatic rings. The van der Waals surface area contributed by atoms with Crippen molar-refractivity contribution in [3.05, 3.63) is 30.1 Å². The number of anilines is 1. The van der Waals surface area contributed by atoms with Gasteiger partial charge in [0.25, 0.3) is 0 Å². The van der Waals surface area contributed by atoms with Crippen LogP contribution in [0, 0.1) is 12.8 Å². The number of hydrogen-bond donors (Lipinski definition) is 1. The number of ether oxygens (including phenoxy) is 1. The molecular formula is C16H28N4O. The van der Waals surface area contributed by atoms with Gasteiger partial charge in [-0.15, -0.1) is 6.58 Å². The summed E-state index contributed by atoms with van der Waals surface area (Å²) in [5.41, 5.74) is 2.16. The average molecular weight is 292 g/mol. The highest BCUT2D eigenvalue weighted by molar-refractivity contribution is 5.33. The minimum absolute atomic E-state index is 0.641. The van der Waals surface area contributed by atoms with Crippen LogP contribution in [-0.4, -0.2) is 43.3 Å². The van der Waals surface area contributed by atoms with Gasteiger partial charge in [-0.3, -0.25) is 0 Å². The molecule has 0 atom stereocenters. The van der Waals surface area contributed by atoms with Crippen LogP contribution in [0.5, 0.6) is 0 Å². The van der Waals surface area contributed by atoms with Crippen molar-refractivity contribution >= 4 is 5.95 Å². The maximum absolute atomic E-state index is 5.13. The van der Waals surface area contributed by atoms with E-state index in [0.29, 0.717) is 19.1 Å². The summed E-state index contributed by atoms with van der Waals surface area (Å²) in [6.45, 7) is 14.1. The first-order valence-corrected chi connectivity index (χ1v) is 7.46. The van der Waals surface area contributed by atoms with Crippen molar-refractivity contribution in [1.29, 1.82) is 0 Å². The van der Waals surface area contributed by atoms with Gasteiger partial charge in [0.2, 0.25) is 5.95 Å². The SMILES string of the molecule is C=CCN(CCOC)c1ncc(CNCC(C)C)c(C)n1. The predicted molar refractivity (Wildman–Crippen MR) is 87.6 cm³/mol. The van der Waals surface area contributed by atoms with Crippen molar-refractivity contribution in [2.45, 2.75) is 27.3 Å². The van der Waals surface area contributed by atoms with Crippen molar-refractivity contribution in [2.75, 3.05) is 38.3 Å². The Bertz CT molecular complexity index is 434. The number of methoxy groups -OCH3 is 1. The number of nitrogens with one attached hydrogen (secondary N) is 1. The molecule has 0 aliphatic heterocycles. The Kier molecular flexibility index (Phi) is 7.93. The van der Waals surface area contributed by atoms with Gasteiger partial charge in [-0.05, 0) is 19.4 Å². The van der Waals surface area contributed by atoms with Crippen LogP contribution in [0.1, 0.15) is 25.1 Å². The molecule has 1 aromatic heterocycles. The molecule has 0 bridgehead atoms. The van der Waals surface area contributed by atoms with Crippen LogP contribution in [0.4, 0.5) is 5.95 Å². The van der Waals surface area contributed by atoms with E-state index in [1.54, 1.807) is 7.11 Å².